The van der Waals surface area contributed by atoms with Crippen molar-refractivity contribution in [2.24, 2.45) is 0 Å². The molecule has 82 valence electrons. The van der Waals surface area contributed by atoms with E-state index in [9.17, 15) is 0 Å². The summed E-state index contributed by atoms with van der Waals surface area (Å²) in [5, 5.41) is 2.46. The zero-order valence-electron chi connectivity index (χ0n) is 9.64. The second-order valence-electron chi connectivity index (χ2n) is 4.15. The highest BCUT2D eigenvalue weighted by molar-refractivity contribution is 6.07. The molecule has 1 aromatic carbocycles. The Kier molecular flexibility index (Phi) is 2.12. The number of hydrogen-bond acceptors (Lipinski definition) is 1. The van der Waals surface area contributed by atoms with Gasteiger partial charge in [0.1, 0.15) is 0 Å². The summed E-state index contributed by atoms with van der Waals surface area (Å²) in [7, 11) is 0. The third-order valence-electron chi connectivity index (χ3n) is 3.04. The van der Waals surface area contributed by atoms with E-state index in [-0.39, 0.29) is 0 Å². The van der Waals surface area contributed by atoms with Gasteiger partial charge < -0.3 is 4.57 Å². The number of rotatable bonds is 1. The average molecular weight is 220 g/mol. The van der Waals surface area contributed by atoms with Crippen LogP contribution in [0.1, 0.15) is 5.69 Å². The second kappa shape index (κ2) is 3.64. The fourth-order valence-electron chi connectivity index (χ4n) is 2.31. The second-order valence-corrected chi connectivity index (χ2v) is 4.15. The molecule has 0 amide bonds. The number of nitrogens with zero attached hydrogens (tertiary/aromatic N) is 2. The maximum atomic E-state index is 5.44. The standard InChI is InChI=1S/C15H12N2/c1-3-8-17-14-7-5-4-6-12(14)13-9-11(2)16-10-15(13)17/h1,4-7,9-10H,8H2,2H3. The molecule has 0 saturated carbocycles. The first-order valence-electron chi connectivity index (χ1n) is 5.58. The van der Waals surface area contributed by atoms with Crippen LogP contribution in [0.25, 0.3) is 21.8 Å². The maximum Gasteiger partial charge on any atom is 0.0841 e. The van der Waals surface area contributed by atoms with Gasteiger partial charge in [-0.25, -0.2) is 0 Å². The highest BCUT2D eigenvalue weighted by Gasteiger charge is 2.09. The number of fused-ring (bicyclic) bond motifs is 3. The fourth-order valence-corrected chi connectivity index (χ4v) is 2.31. The first kappa shape index (κ1) is 9.92. The van der Waals surface area contributed by atoms with E-state index in [0.717, 1.165) is 11.2 Å². The van der Waals surface area contributed by atoms with Crippen LogP contribution in [-0.2, 0) is 6.54 Å². The summed E-state index contributed by atoms with van der Waals surface area (Å²) in [6, 6.07) is 10.4. The van der Waals surface area contributed by atoms with Crippen molar-refractivity contribution in [3.63, 3.8) is 0 Å². The van der Waals surface area contributed by atoms with Crippen LogP contribution in [0, 0.1) is 19.3 Å². The van der Waals surface area contributed by atoms with E-state index >= 15 is 0 Å². The minimum Gasteiger partial charge on any atom is -0.327 e. The SMILES string of the molecule is C#CCn1c2ccccc2c2cc(C)ncc21. The summed E-state index contributed by atoms with van der Waals surface area (Å²) in [5.74, 6) is 2.70. The molecule has 3 aromatic rings. The van der Waals surface area contributed by atoms with E-state index in [0.29, 0.717) is 6.54 Å². The van der Waals surface area contributed by atoms with Crippen molar-refractivity contribution < 1.29 is 0 Å². The van der Waals surface area contributed by atoms with Gasteiger partial charge in [-0.2, -0.15) is 0 Å². The Bertz CT molecular complexity index is 745. The van der Waals surface area contributed by atoms with Crippen molar-refractivity contribution >= 4 is 21.8 Å². The zero-order valence-corrected chi connectivity index (χ0v) is 9.64. The summed E-state index contributed by atoms with van der Waals surface area (Å²) in [6.45, 7) is 2.58. The Morgan fingerprint density at radius 3 is 2.88 bits per heavy atom. The van der Waals surface area contributed by atoms with Crippen molar-refractivity contribution in [2.45, 2.75) is 13.5 Å². The molecular weight excluding hydrogens is 208 g/mol. The quantitative estimate of drug-likeness (QED) is 0.576. The van der Waals surface area contributed by atoms with Gasteiger partial charge in [0.25, 0.3) is 0 Å². The monoisotopic (exact) mass is 220 g/mol. The molecule has 2 nitrogen and oxygen atoms in total. The molecule has 0 bridgehead atoms. The smallest absolute Gasteiger partial charge is 0.0841 e. The normalized spacial score (nSPS) is 10.8. The highest BCUT2D eigenvalue weighted by atomic mass is 15.0. The molecular formula is C15H12N2. The number of terminal acetylenes is 1. The molecule has 0 unspecified atom stereocenters. The van der Waals surface area contributed by atoms with E-state index in [1.54, 1.807) is 0 Å². The van der Waals surface area contributed by atoms with Crippen LogP contribution in [0.4, 0.5) is 0 Å². The number of aromatic nitrogens is 2. The number of aryl methyl sites for hydroxylation is 1. The number of hydrogen-bond donors (Lipinski definition) is 0. The molecule has 0 aliphatic rings. The lowest BCUT2D eigenvalue weighted by atomic mass is 10.2. The van der Waals surface area contributed by atoms with Crippen LogP contribution in [0.2, 0.25) is 0 Å². The molecule has 0 spiro atoms. The largest absolute Gasteiger partial charge is 0.327 e. The van der Waals surface area contributed by atoms with Gasteiger partial charge in [-0.3, -0.25) is 4.98 Å². The molecule has 0 aliphatic heterocycles. The fraction of sp³-hybridized carbons (Fsp3) is 0.133. The minimum atomic E-state index is 0.578. The first-order chi connectivity index (χ1) is 8.31. The Hall–Kier alpha value is -2.27. The molecule has 0 fully saturated rings. The third kappa shape index (κ3) is 1.40. The predicted molar refractivity (Wildman–Crippen MR) is 70.8 cm³/mol. The molecule has 2 heteroatoms. The van der Waals surface area contributed by atoms with Crippen LogP contribution in [0.3, 0.4) is 0 Å². The number of benzene rings is 1. The van der Waals surface area contributed by atoms with E-state index in [1.807, 2.05) is 19.2 Å². The van der Waals surface area contributed by atoms with E-state index in [4.69, 9.17) is 6.42 Å². The molecule has 2 heterocycles. The highest BCUT2D eigenvalue weighted by Crippen LogP contribution is 2.28. The van der Waals surface area contributed by atoms with Crippen molar-refractivity contribution in [3.05, 3.63) is 42.2 Å². The molecule has 0 atom stereocenters. The van der Waals surface area contributed by atoms with E-state index < -0.39 is 0 Å². The van der Waals surface area contributed by atoms with Gasteiger partial charge in [-0.1, -0.05) is 24.1 Å². The number of para-hydroxylation sites is 1. The summed E-state index contributed by atoms with van der Waals surface area (Å²) < 4.78 is 2.14. The lowest BCUT2D eigenvalue weighted by Gasteiger charge is -2.01. The summed E-state index contributed by atoms with van der Waals surface area (Å²) in [4.78, 5) is 4.36. The van der Waals surface area contributed by atoms with E-state index in [2.05, 4.69) is 39.7 Å². The van der Waals surface area contributed by atoms with Crippen molar-refractivity contribution in [1.29, 1.82) is 0 Å². The van der Waals surface area contributed by atoms with Gasteiger partial charge in [-0.15, -0.1) is 6.42 Å². The zero-order chi connectivity index (χ0) is 11.8. The van der Waals surface area contributed by atoms with Crippen LogP contribution in [0.15, 0.2) is 36.5 Å². The van der Waals surface area contributed by atoms with Crippen LogP contribution in [-0.4, -0.2) is 9.55 Å². The Morgan fingerprint density at radius 2 is 2.06 bits per heavy atom. The number of pyridine rings is 1. The molecule has 17 heavy (non-hydrogen) atoms. The van der Waals surface area contributed by atoms with Crippen LogP contribution in [0.5, 0.6) is 0 Å². The Balaban J connectivity index is 2.53. The molecule has 0 saturated heterocycles. The minimum absolute atomic E-state index is 0.578. The van der Waals surface area contributed by atoms with Crippen LogP contribution < -0.4 is 0 Å². The summed E-state index contributed by atoms with van der Waals surface area (Å²) in [6.07, 6.45) is 7.35. The lowest BCUT2D eigenvalue weighted by molar-refractivity contribution is 0.920. The van der Waals surface area contributed by atoms with E-state index in [1.165, 1.54) is 16.3 Å². The lowest BCUT2D eigenvalue weighted by Crippen LogP contribution is -1.94. The molecule has 0 N–H and O–H groups in total. The van der Waals surface area contributed by atoms with Gasteiger partial charge >= 0.3 is 0 Å². The van der Waals surface area contributed by atoms with Gasteiger partial charge in [-0.05, 0) is 19.1 Å². The van der Waals surface area contributed by atoms with Crippen LogP contribution >= 0.6 is 0 Å². The van der Waals surface area contributed by atoms with Gasteiger partial charge in [0.15, 0.2) is 0 Å². The summed E-state index contributed by atoms with van der Waals surface area (Å²) >= 11 is 0. The first-order valence-corrected chi connectivity index (χ1v) is 5.58. The van der Waals surface area contributed by atoms with Crippen molar-refractivity contribution in [2.75, 3.05) is 0 Å². The molecule has 2 aromatic heterocycles. The maximum absolute atomic E-state index is 5.44. The average Bonchev–Trinajstić information content (AvgIpc) is 2.65. The Morgan fingerprint density at radius 1 is 1.24 bits per heavy atom. The molecule has 0 aliphatic carbocycles. The van der Waals surface area contributed by atoms with Gasteiger partial charge in [0.05, 0.1) is 23.8 Å². The van der Waals surface area contributed by atoms with Crippen molar-refractivity contribution in [1.82, 2.24) is 9.55 Å². The van der Waals surface area contributed by atoms with Gasteiger partial charge in [0, 0.05) is 16.5 Å². The molecule has 3 rings (SSSR count). The third-order valence-corrected chi connectivity index (χ3v) is 3.04. The summed E-state index contributed by atoms with van der Waals surface area (Å²) in [5.41, 5.74) is 3.31. The predicted octanol–water partition coefficient (Wildman–Crippen LogP) is 3.13. The topological polar surface area (TPSA) is 17.8 Å². The van der Waals surface area contributed by atoms with Crippen molar-refractivity contribution in [3.8, 4) is 12.3 Å². The molecule has 0 radical (unpaired) electrons. The Labute approximate surface area is 99.9 Å². The van der Waals surface area contributed by atoms with Gasteiger partial charge in [0.2, 0.25) is 0 Å².